The second-order valence-electron chi connectivity index (χ2n) is 4.71. The number of carbonyl (C=O) groups is 2. The van der Waals surface area contributed by atoms with Crippen LogP contribution in [-0.4, -0.2) is 44.0 Å². The molecule has 0 saturated carbocycles. The van der Waals surface area contributed by atoms with Crippen LogP contribution in [0, 0.1) is 25.2 Å². The number of likely N-dealkylation sites (N-methyl/N-ethyl adjacent to an activating group) is 1. The highest BCUT2D eigenvalue weighted by Gasteiger charge is 2.17. The number of furan rings is 1. The van der Waals surface area contributed by atoms with Crippen LogP contribution < -0.4 is 5.32 Å². The topological polar surface area (TPSA) is 95.6 Å². The average molecular weight is 293 g/mol. The molecule has 1 heterocycles. The van der Waals surface area contributed by atoms with Crippen molar-refractivity contribution in [1.29, 1.82) is 5.26 Å². The Morgan fingerprint density at radius 1 is 1.43 bits per heavy atom. The molecule has 0 saturated heterocycles. The number of amides is 1. The Morgan fingerprint density at radius 2 is 2.10 bits per heavy atom. The lowest BCUT2D eigenvalue weighted by molar-refractivity contribution is -0.141. The van der Waals surface area contributed by atoms with E-state index in [1.54, 1.807) is 25.8 Å². The van der Waals surface area contributed by atoms with Gasteiger partial charge in [-0.15, -0.1) is 0 Å². The number of hydrogen-bond acceptors (Lipinski definition) is 6. The number of carbonyl (C=O) groups excluding carboxylic acids is 2. The zero-order chi connectivity index (χ0) is 16.0. The fourth-order valence-electron chi connectivity index (χ4n) is 1.72. The van der Waals surface area contributed by atoms with Gasteiger partial charge < -0.3 is 9.15 Å². The third kappa shape index (κ3) is 4.61. The molecule has 21 heavy (non-hydrogen) atoms. The van der Waals surface area contributed by atoms with Crippen molar-refractivity contribution in [3.63, 3.8) is 0 Å². The van der Waals surface area contributed by atoms with Crippen molar-refractivity contribution < 1.29 is 18.7 Å². The van der Waals surface area contributed by atoms with Crippen molar-refractivity contribution in [2.24, 2.45) is 0 Å². The highest BCUT2D eigenvalue weighted by Crippen LogP contribution is 2.25. The number of nitrogens with one attached hydrogen (secondary N) is 1. The summed E-state index contributed by atoms with van der Waals surface area (Å²) in [4.78, 5) is 24.6. The van der Waals surface area contributed by atoms with Crippen molar-refractivity contribution in [2.75, 3.05) is 32.6 Å². The lowest BCUT2D eigenvalue weighted by atomic mass is 10.2. The molecular weight excluding hydrogens is 274 g/mol. The van der Waals surface area contributed by atoms with E-state index in [9.17, 15) is 9.59 Å². The Bertz CT molecular complexity index is 572. The second kappa shape index (κ2) is 7.45. The Morgan fingerprint density at radius 3 is 2.67 bits per heavy atom. The molecule has 7 heteroatoms. The summed E-state index contributed by atoms with van der Waals surface area (Å²) in [5.41, 5.74) is 1.05. The standard InChI is InChI=1S/C14H19N3O4/c1-9-10(2)21-14(11(9)7-15)16-12(18)8-17(3)6-5-13(19)20-4/h5-6,8H2,1-4H3,(H,16,18). The molecule has 0 atom stereocenters. The lowest BCUT2D eigenvalue weighted by Gasteiger charge is -2.14. The maximum absolute atomic E-state index is 11.9. The third-order valence-corrected chi connectivity index (χ3v) is 3.09. The van der Waals surface area contributed by atoms with E-state index >= 15 is 0 Å². The van der Waals surface area contributed by atoms with E-state index in [-0.39, 0.29) is 30.7 Å². The monoisotopic (exact) mass is 293 g/mol. The SMILES string of the molecule is COC(=O)CCN(C)CC(=O)Nc1oc(C)c(C)c1C#N. The van der Waals surface area contributed by atoms with Crippen molar-refractivity contribution in [3.05, 3.63) is 16.9 Å². The first-order chi connectivity index (χ1) is 9.88. The normalized spacial score (nSPS) is 10.3. The number of nitrogens with zero attached hydrogens (tertiary/aromatic N) is 2. The van der Waals surface area contributed by atoms with Gasteiger partial charge in [0.1, 0.15) is 17.4 Å². The number of nitriles is 1. The summed E-state index contributed by atoms with van der Waals surface area (Å²) in [6.45, 7) is 3.98. The van der Waals surface area contributed by atoms with Gasteiger partial charge in [0.25, 0.3) is 0 Å². The molecule has 0 aliphatic heterocycles. The van der Waals surface area contributed by atoms with Gasteiger partial charge in [0.05, 0.1) is 20.1 Å². The molecule has 1 N–H and O–H groups in total. The number of methoxy groups -OCH3 is 1. The first-order valence-corrected chi connectivity index (χ1v) is 6.44. The Kier molecular flexibility index (Phi) is 5.93. The van der Waals surface area contributed by atoms with Crippen LogP contribution in [0.3, 0.4) is 0 Å². The van der Waals surface area contributed by atoms with Gasteiger partial charge >= 0.3 is 5.97 Å². The fraction of sp³-hybridized carbons (Fsp3) is 0.500. The second-order valence-corrected chi connectivity index (χ2v) is 4.71. The van der Waals surface area contributed by atoms with Crippen molar-refractivity contribution in [2.45, 2.75) is 20.3 Å². The average Bonchev–Trinajstić information content (AvgIpc) is 2.70. The van der Waals surface area contributed by atoms with Gasteiger partial charge in [-0.1, -0.05) is 0 Å². The maximum Gasteiger partial charge on any atom is 0.306 e. The van der Waals surface area contributed by atoms with Gasteiger partial charge in [0.15, 0.2) is 0 Å². The van der Waals surface area contributed by atoms with Gasteiger partial charge in [-0.05, 0) is 20.9 Å². The molecule has 7 nitrogen and oxygen atoms in total. The number of ether oxygens (including phenoxy) is 1. The van der Waals surface area contributed by atoms with Crippen LogP contribution in [0.4, 0.5) is 5.88 Å². The van der Waals surface area contributed by atoms with Gasteiger partial charge in [0.2, 0.25) is 11.8 Å². The van der Waals surface area contributed by atoms with Crippen LogP contribution in [0.15, 0.2) is 4.42 Å². The molecule has 0 fully saturated rings. The Balaban J connectivity index is 2.56. The number of rotatable bonds is 6. The minimum atomic E-state index is -0.327. The summed E-state index contributed by atoms with van der Waals surface area (Å²) >= 11 is 0. The minimum absolute atomic E-state index is 0.0840. The largest absolute Gasteiger partial charge is 0.469 e. The van der Waals surface area contributed by atoms with E-state index in [2.05, 4.69) is 10.1 Å². The molecule has 0 aromatic carbocycles. The molecule has 0 spiro atoms. The molecule has 1 amide bonds. The van der Waals surface area contributed by atoms with Crippen molar-refractivity contribution in [3.8, 4) is 6.07 Å². The maximum atomic E-state index is 11.9. The van der Waals surface area contributed by atoms with Gasteiger partial charge in [0, 0.05) is 12.1 Å². The van der Waals surface area contributed by atoms with Crippen molar-refractivity contribution in [1.82, 2.24) is 4.90 Å². The van der Waals surface area contributed by atoms with Gasteiger partial charge in [-0.25, -0.2) is 0 Å². The van der Waals surface area contributed by atoms with E-state index in [0.29, 0.717) is 23.4 Å². The molecule has 1 aromatic rings. The van der Waals surface area contributed by atoms with Crippen molar-refractivity contribution >= 4 is 17.8 Å². The smallest absolute Gasteiger partial charge is 0.306 e. The first kappa shape index (κ1) is 16.7. The summed E-state index contributed by atoms with van der Waals surface area (Å²) in [6.07, 6.45) is 0.211. The summed E-state index contributed by atoms with van der Waals surface area (Å²) < 4.78 is 9.89. The molecular formula is C14H19N3O4. The predicted octanol–water partition coefficient (Wildman–Crippen LogP) is 1.20. The van der Waals surface area contributed by atoms with E-state index in [1.165, 1.54) is 7.11 Å². The molecule has 1 rings (SSSR count). The number of aryl methyl sites for hydroxylation is 1. The number of esters is 1. The minimum Gasteiger partial charge on any atom is -0.469 e. The van der Waals surface area contributed by atoms with Crippen LogP contribution in [0.1, 0.15) is 23.3 Å². The molecule has 114 valence electrons. The molecule has 0 bridgehead atoms. The van der Waals surface area contributed by atoms with Gasteiger partial charge in [-0.2, -0.15) is 5.26 Å². The molecule has 0 aliphatic rings. The number of anilines is 1. The quantitative estimate of drug-likeness (QED) is 0.792. The molecule has 0 radical (unpaired) electrons. The van der Waals surface area contributed by atoms with Crippen LogP contribution in [-0.2, 0) is 14.3 Å². The fourth-order valence-corrected chi connectivity index (χ4v) is 1.72. The molecule has 1 aromatic heterocycles. The summed E-state index contributed by atoms with van der Waals surface area (Å²) in [5.74, 6) is 0.124. The van der Waals surface area contributed by atoms with E-state index < -0.39 is 0 Å². The highest BCUT2D eigenvalue weighted by atomic mass is 16.5. The Labute approximate surface area is 123 Å². The molecule has 0 aliphatic carbocycles. The van der Waals surface area contributed by atoms with E-state index in [1.807, 2.05) is 6.07 Å². The van der Waals surface area contributed by atoms with Crippen LogP contribution in [0.2, 0.25) is 0 Å². The lowest BCUT2D eigenvalue weighted by Crippen LogP contribution is -2.32. The Hall–Kier alpha value is -2.33. The predicted molar refractivity (Wildman–Crippen MR) is 75.7 cm³/mol. The van der Waals surface area contributed by atoms with Gasteiger partial charge in [-0.3, -0.25) is 19.8 Å². The third-order valence-electron chi connectivity index (χ3n) is 3.09. The van der Waals surface area contributed by atoms with Crippen LogP contribution in [0.25, 0.3) is 0 Å². The summed E-state index contributed by atoms with van der Waals surface area (Å²) in [6, 6.07) is 2.01. The zero-order valence-electron chi connectivity index (χ0n) is 12.6. The van der Waals surface area contributed by atoms with Crippen LogP contribution in [0.5, 0.6) is 0 Å². The van der Waals surface area contributed by atoms with E-state index in [4.69, 9.17) is 9.68 Å². The zero-order valence-corrected chi connectivity index (χ0v) is 12.6. The summed E-state index contributed by atoms with van der Waals surface area (Å²) in [7, 11) is 3.03. The highest BCUT2D eigenvalue weighted by molar-refractivity contribution is 5.92. The first-order valence-electron chi connectivity index (χ1n) is 6.44. The van der Waals surface area contributed by atoms with Crippen LogP contribution >= 0.6 is 0 Å². The molecule has 0 unspecified atom stereocenters. The number of hydrogen-bond donors (Lipinski definition) is 1. The summed E-state index contributed by atoms with van der Waals surface area (Å²) in [5, 5.41) is 11.6. The van der Waals surface area contributed by atoms with E-state index in [0.717, 1.165) is 0 Å².